The fourth-order valence-electron chi connectivity index (χ4n) is 2.01. The van der Waals surface area contributed by atoms with Gasteiger partial charge in [0.2, 0.25) is 0 Å². The van der Waals surface area contributed by atoms with E-state index < -0.39 is 0 Å². The first kappa shape index (κ1) is 11.9. The molecule has 1 aromatic carbocycles. The Kier molecular flexibility index (Phi) is 3.50. The topological polar surface area (TPSA) is 12.0 Å². The molecular formula is C12H15F2NS. The van der Waals surface area contributed by atoms with Gasteiger partial charge < -0.3 is 5.32 Å². The molecule has 16 heavy (non-hydrogen) atoms. The fourth-order valence-corrected chi connectivity index (χ4v) is 3.17. The van der Waals surface area contributed by atoms with E-state index in [0.29, 0.717) is 10.5 Å². The average Bonchev–Trinajstić information content (AvgIpc) is 2.23. The van der Waals surface area contributed by atoms with Crippen molar-refractivity contribution < 1.29 is 8.78 Å². The van der Waals surface area contributed by atoms with E-state index in [-0.39, 0.29) is 23.7 Å². The minimum absolute atomic E-state index is 0.0630. The summed E-state index contributed by atoms with van der Waals surface area (Å²) in [6.45, 7) is 4.03. The quantitative estimate of drug-likeness (QED) is 0.853. The molecule has 0 saturated carbocycles. The third-order valence-corrected chi connectivity index (χ3v) is 3.77. The summed E-state index contributed by atoms with van der Waals surface area (Å²) in [4.78, 5) is 0.476. The fraction of sp³-hybridized carbons (Fsp3) is 0.500. The lowest BCUT2D eigenvalue weighted by Gasteiger charge is -2.28. The van der Waals surface area contributed by atoms with Crippen molar-refractivity contribution in [2.75, 3.05) is 5.75 Å². The van der Waals surface area contributed by atoms with Crippen molar-refractivity contribution in [1.29, 1.82) is 0 Å². The van der Waals surface area contributed by atoms with Crippen LogP contribution in [0.25, 0.3) is 0 Å². The van der Waals surface area contributed by atoms with Gasteiger partial charge in [-0.2, -0.15) is 0 Å². The number of rotatable bonds is 2. The summed E-state index contributed by atoms with van der Waals surface area (Å²) in [5, 5.41) is 3.29. The molecule has 0 radical (unpaired) electrons. The Morgan fingerprint density at radius 1 is 1.31 bits per heavy atom. The van der Waals surface area contributed by atoms with E-state index in [4.69, 9.17) is 0 Å². The van der Waals surface area contributed by atoms with E-state index in [1.807, 2.05) is 13.8 Å². The maximum atomic E-state index is 13.7. The molecular weight excluding hydrogens is 228 g/mol. The lowest BCUT2D eigenvalue weighted by atomic mass is 10.0. The molecule has 1 unspecified atom stereocenters. The van der Waals surface area contributed by atoms with Crippen molar-refractivity contribution in [3.63, 3.8) is 0 Å². The Balaban J connectivity index is 2.40. The molecule has 1 heterocycles. The molecule has 1 N–H and O–H groups in total. The molecule has 0 spiro atoms. The van der Waals surface area contributed by atoms with E-state index in [2.05, 4.69) is 5.32 Å². The predicted molar refractivity (Wildman–Crippen MR) is 62.7 cm³/mol. The van der Waals surface area contributed by atoms with E-state index in [1.54, 1.807) is 0 Å². The molecule has 0 fully saturated rings. The minimum atomic E-state index is -0.309. The van der Waals surface area contributed by atoms with Crippen molar-refractivity contribution in [2.24, 2.45) is 0 Å². The Hall–Kier alpha value is -0.610. The molecule has 0 aliphatic carbocycles. The number of fused-ring (bicyclic) bond motifs is 1. The second kappa shape index (κ2) is 4.72. The summed E-state index contributed by atoms with van der Waals surface area (Å²) in [5.41, 5.74) is 0.505. The number of thioether (sulfide) groups is 1. The maximum Gasteiger partial charge on any atom is 0.137 e. The van der Waals surface area contributed by atoms with Gasteiger partial charge in [-0.15, -0.1) is 11.8 Å². The molecule has 0 saturated heterocycles. The van der Waals surface area contributed by atoms with Crippen LogP contribution in [0.1, 0.15) is 31.9 Å². The second-order valence-corrected chi connectivity index (χ2v) is 5.39. The number of hydrogen-bond acceptors (Lipinski definition) is 2. The van der Waals surface area contributed by atoms with Crippen molar-refractivity contribution in [2.45, 2.75) is 37.2 Å². The highest BCUT2D eigenvalue weighted by Crippen LogP contribution is 2.39. The van der Waals surface area contributed by atoms with E-state index in [1.165, 1.54) is 23.9 Å². The summed E-state index contributed by atoms with van der Waals surface area (Å²) < 4.78 is 27.3. The lowest BCUT2D eigenvalue weighted by molar-refractivity contribution is 0.431. The molecule has 1 aliphatic heterocycles. The molecule has 1 nitrogen and oxygen atoms in total. The van der Waals surface area contributed by atoms with Crippen molar-refractivity contribution >= 4 is 11.8 Å². The smallest absolute Gasteiger partial charge is 0.137 e. The molecule has 1 aromatic rings. The van der Waals surface area contributed by atoms with Gasteiger partial charge in [0, 0.05) is 17.6 Å². The van der Waals surface area contributed by atoms with E-state index >= 15 is 0 Å². The normalized spacial score (nSPS) is 19.9. The van der Waals surface area contributed by atoms with Crippen molar-refractivity contribution in [3.05, 3.63) is 29.3 Å². The van der Waals surface area contributed by atoms with Crippen LogP contribution in [0.15, 0.2) is 17.0 Å². The van der Waals surface area contributed by atoms with Gasteiger partial charge in [0.1, 0.15) is 11.6 Å². The van der Waals surface area contributed by atoms with Crippen LogP contribution < -0.4 is 5.32 Å². The molecule has 0 aromatic heterocycles. The average molecular weight is 243 g/mol. The number of benzene rings is 1. The molecule has 1 atom stereocenters. The Morgan fingerprint density at radius 2 is 2.00 bits per heavy atom. The highest BCUT2D eigenvalue weighted by Gasteiger charge is 2.26. The molecule has 4 heteroatoms. The van der Waals surface area contributed by atoms with Crippen LogP contribution in [-0.4, -0.2) is 11.8 Å². The second-order valence-electron chi connectivity index (χ2n) is 4.28. The molecule has 88 valence electrons. The first-order valence-electron chi connectivity index (χ1n) is 5.46. The third-order valence-electron chi connectivity index (χ3n) is 2.63. The lowest BCUT2D eigenvalue weighted by Crippen LogP contribution is -2.31. The standard InChI is InChI=1S/C12H15F2NS/c1-7(2)15-10-5-6-16-12-9(14)4-3-8(13)11(10)12/h3-4,7,10,15H,5-6H2,1-2H3. The number of hydrogen-bond donors (Lipinski definition) is 1. The Labute approximate surface area is 98.6 Å². The van der Waals surface area contributed by atoms with Crippen LogP contribution in [0.3, 0.4) is 0 Å². The van der Waals surface area contributed by atoms with Crippen LogP contribution in [0.5, 0.6) is 0 Å². The van der Waals surface area contributed by atoms with Gasteiger partial charge in [0.25, 0.3) is 0 Å². The summed E-state index contributed by atoms with van der Waals surface area (Å²) in [6, 6.07) is 2.63. The van der Waals surface area contributed by atoms with Gasteiger partial charge in [-0.1, -0.05) is 13.8 Å². The first-order valence-corrected chi connectivity index (χ1v) is 6.45. The van der Waals surface area contributed by atoms with Gasteiger partial charge in [0.15, 0.2) is 0 Å². The summed E-state index contributed by atoms with van der Waals surface area (Å²) in [5.74, 6) is 0.219. The third kappa shape index (κ3) is 2.23. The van der Waals surface area contributed by atoms with Crippen LogP contribution in [0.4, 0.5) is 8.78 Å². The van der Waals surface area contributed by atoms with Crippen LogP contribution in [0.2, 0.25) is 0 Å². The monoisotopic (exact) mass is 243 g/mol. The molecule has 1 aliphatic rings. The maximum absolute atomic E-state index is 13.7. The number of halogens is 2. The Morgan fingerprint density at radius 3 is 2.69 bits per heavy atom. The molecule has 0 bridgehead atoms. The van der Waals surface area contributed by atoms with Crippen LogP contribution >= 0.6 is 11.8 Å². The van der Waals surface area contributed by atoms with Gasteiger partial charge >= 0.3 is 0 Å². The van der Waals surface area contributed by atoms with Gasteiger partial charge in [-0.3, -0.25) is 0 Å². The van der Waals surface area contributed by atoms with Gasteiger partial charge in [-0.05, 0) is 24.3 Å². The SMILES string of the molecule is CC(C)NC1CCSc2c(F)ccc(F)c21. The highest BCUT2D eigenvalue weighted by atomic mass is 32.2. The predicted octanol–water partition coefficient (Wildman–Crippen LogP) is 3.50. The molecule has 0 amide bonds. The zero-order chi connectivity index (χ0) is 11.7. The van der Waals surface area contributed by atoms with Crippen LogP contribution in [0, 0.1) is 11.6 Å². The zero-order valence-corrected chi connectivity index (χ0v) is 10.2. The largest absolute Gasteiger partial charge is 0.308 e. The summed E-state index contributed by atoms with van der Waals surface area (Å²) in [6.07, 6.45) is 0.843. The van der Waals surface area contributed by atoms with E-state index in [9.17, 15) is 8.78 Å². The van der Waals surface area contributed by atoms with Crippen LogP contribution in [-0.2, 0) is 0 Å². The number of nitrogens with one attached hydrogen (secondary N) is 1. The van der Waals surface area contributed by atoms with Crippen molar-refractivity contribution in [1.82, 2.24) is 5.32 Å². The zero-order valence-electron chi connectivity index (χ0n) is 9.39. The minimum Gasteiger partial charge on any atom is -0.308 e. The highest BCUT2D eigenvalue weighted by molar-refractivity contribution is 7.99. The molecule has 2 rings (SSSR count). The van der Waals surface area contributed by atoms with Gasteiger partial charge in [0.05, 0.1) is 4.90 Å². The van der Waals surface area contributed by atoms with E-state index in [0.717, 1.165) is 12.2 Å². The Bertz CT molecular complexity index is 393. The first-order chi connectivity index (χ1) is 7.59. The van der Waals surface area contributed by atoms with Gasteiger partial charge in [-0.25, -0.2) is 8.78 Å². The summed E-state index contributed by atoms with van der Waals surface area (Å²) in [7, 11) is 0. The summed E-state index contributed by atoms with van der Waals surface area (Å²) >= 11 is 1.41. The van der Waals surface area contributed by atoms with Crippen molar-refractivity contribution in [3.8, 4) is 0 Å².